The average molecular weight is 321 g/mol. The topological polar surface area (TPSA) is 61.9 Å². The van der Waals surface area contributed by atoms with Crippen molar-refractivity contribution < 1.29 is 4.79 Å². The smallest absolute Gasteiger partial charge is 0.265 e. The van der Waals surface area contributed by atoms with Crippen LogP contribution in [0.15, 0.2) is 24.3 Å². The number of hydrogen-bond donors (Lipinski definition) is 1. The molecule has 3 aromatic rings. The molecule has 0 aliphatic carbocycles. The number of thiophene rings is 1. The number of halogens is 1. The number of carbonyl (C=O) groups excluding carboxylic acids is 1. The zero-order chi connectivity index (χ0) is 15.0. The van der Waals surface area contributed by atoms with Gasteiger partial charge in [0.25, 0.3) is 5.91 Å². The van der Waals surface area contributed by atoms with Gasteiger partial charge in [0, 0.05) is 17.1 Å². The van der Waals surface area contributed by atoms with Gasteiger partial charge in [-0.05, 0) is 13.0 Å². The van der Waals surface area contributed by atoms with Crippen molar-refractivity contribution in [3.05, 3.63) is 45.8 Å². The second-order valence-electron chi connectivity index (χ2n) is 4.74. The molecule has 0 spiro atoms. The third kappa shape index (κ3) is 2.64. The molecule has 21 heavy (non-hydrogen) atoms. The van der Waals surface area contributed by atoms with E-state index in [-0.39, 0.29) is 5.91 Å². The number of nitrogens with zero attached hydrogens (tertiary/aromatic N) is 3. The third-order valence-corrected chi connectivity index (χ3v) is 4.76. The highest BCUT2D eigenvalue weighted by atomic mass is 35.5. The van der Waals surface area contributed by atoms with Gasteiger partial charge in [0.1, 0.15) is 10.7 Å². The highest BCUT2D eigenvalue weighted by Gasteiger charge is 2.21. The molecular formula is C14H13ClN4OS. The summed E-state index contributed by atoms with van der Waals surface area (Å²) < 4.78 is 1.01. The van der Waals surface area contributed by atoms with Gasteiger partial charge in [-0.25, -0.2) is 4.98 Å². The minimum Gasteiger partial charge on any atom is -0.333 e. The van der Waals surface area contributed by atoms with Gasteiger partial charge in [-0.1, -0.05) is 29.8 Å². The van der Waals surface area contributed by atoms with E-state index in [2.05, 4.69) is 15.2 Å². The Morgan fingerprint density at radius 3 is 2.86 bits per heavy atom. The summed E-state index contributed by atoms with van der Waals surface area (Å²) in [5.41, 5.74) is 0. The minimum atomic E-state index is -0.122. The maximum atomic E-state index is 12.5. The van der Waals surface area contributed by atoms with Crippen LogP contribution in [0.2, 0.25) is 5.02 Å². The first-order valence-corrected chi connectivity index (χ1v) is 7.56. The molecule has 0 radical (unpaired) electrons. The summed E-state index contributed by atoms with van der Waals surface area (Å²) in [4.78, 5) is 18.9. The molecule has 0 saturated heterocycles. The van der Waals surface area contributed by atoms with Crippen LogP contribution in [0, 0.1) is 6.92 Å². The van der Waals surface area contributed by atoms with Crippen LogP contribution in [0.1, 0.15) is 21.3 Å². The van der Waals surface area contributed by atoms with Crippen molar-refractivity contribution in [3.63, 3.8) is 0 Å². The van der Waals surface area contributed by atoms with Crippen LogP contribution < -0.4 is 0 Å². The first kappa shape index (κ1) is 14.0. The van der Waals surface area contributed by atoms with Crippen molar-refractivity contribution in [2.45, 2.75) is 13.5 Å². The van der Waals surface area contributed by atoms with E-state index < -0.39 is 0 Å². The van der Waals surface area contributed by atoms with Gasteiger partial charge in [0.2, 0.25) is 0 Å². The molecule has 1 aromatic carbocycles. The van der Waals surface area contributed by atoms with Gasteiger partial charge < -0.3 is 4.90 Å². The molecule has 0 aliphatic rings. The molecule has 3 rings (SSSR count). The van der Waals surface area contributed by atoms with Crippen LogP contribution in [0.25, 0.3) is 10.1 Å². The van der Waals surface area contributed by atoms with E-state index in [1.807, 2.05) is 31.2 Å². The maximum absolute atomic E-state index is 12.5. The predicted molar refractivity (Wildman–Crippen MR) is 83.8 cm³/mol. The Morgan fingerprint density at radius 2 is 2.19 bits per heavy atom. The molecule has 2 aromatic heterocycles. The van der Waals surface area contributed by atoms with E-state index in [4.69, 9.17) is 11.6 Å². The molecule has 108 valence electrons. The fourth-order valence-electron chi connectivity index (χ4n) is 2.07. The van der Waals surface area contributed by atoms with Crippen molar-refractivity contribution in [1.82, 2.24) is 20.1 Å². The van der Waals surface area contributed by atoms with E-state index in [9.17, 15) is 4.79 Å². The molecule has 0 bridgehead atoms. The molecule has 1 amide bonds. The Balaban J connectivity index is 1.87. The lowest BCUT2D eigenvalue weighted by Crippen LogP contribution is -2.26. The first-order chi connectivity index (χ1) is 10.1. The highest BCUT2D eigenvalue weighted by molar-refractivity contribution is 7.21. The summed E-state index contributed by atoms with van der Waals surface area (Å²) in [6.07, 6.45) is 0. The second kappa shape index (κ2) is 5.46. The Bertz CT molecular complexity index is 810. The number of aromatic nitrogens is 3. The average Bonchev–Trinajstić information content (AvgIpc) is 3.03. The fourth-order valence-corrected chi connectivity index (χ4v) is 3.58. The molecule has 0 aliphatic heterocycles. The Hall–Kier alpha value is -1.92. The Kier molecular flexibility index (Phi) is 3.65. The Morgan fingerprint density at radius 1 is 1.43 bits per heavy atom. The molecule has 0 unspecified atom stereocenters. The minimum absolute atomic E-state index is 0.122. The first-order valence-electron chi connectivity index (χ1n) is 6.36. The SMILES string of the molecule is Cc1nc(CN(C)C(=O)c2sc3ccccc3c2Cl)n[nH]1. The standard InChI is InChI=1S/C14H13ClN4OS/c1-8-16-11(18-17-8)7-19(2)14(20)13-12(15)9-5-3-4-6-10(9)21-13/h3-6H,7H2,1-2H3,(H,16,17,18). The van der Waals surface area contributed by atoms with Gasteiger partial charge >= 0.3 is 0 Å². The molecule has 2 heterocycles. The summed E-state index contributed by atoms with van der Waals surface area (Å²) >= 11 is 7.73. The second-order valence-corrected chi connectivity index (χ2v) is 6.17. The van der Waals surface area contributed by atoms with Crippen molar-refractivity contribution >= 4 is 38.9 Å². The van der Waals surface area contributed by atoms with Crippen molar-refractivity contribution in [2.75, 3.05) is 7.05 Å². The molecule has 0 saturated carbocycles. The number of H-pyrrole nitrogens is 1. The van der Waals surface area contributed by atoms with Gasteiger partial charge in [0.15, 0.2) is 5.82 Å². The lowest BCUT2D eigenvalue weighted by atomic mass is 10.2. The number of fused-ring (bicyclic) bond motifs is 1. The van der Waals surface area contributed by atoms with E-state index in [1.165, 1.54) is 11.3 Å². The zero-order valence-electron chi connectivity index (χ0n) is 11.6. The van der Waals surface area contributed by atoms with Crippen molar-refractivity contribution in [1.29, 1.82) is 0 Å². The van der Waals surface area contributed by atoms with Gasteiger partial charge in [-0.3, -0.25) is 9.89 Å². The van der Waals surface area contributed by atoms with Gasteiger partial charge in [-0.2, -0.15) is 5.10 Å². The molecule has 1 N–H and O–H groups in total. The fraction of sp³-hybridized carbons (Fsp3) is 0.214. The largest absolute Gasteiger partial charge is 0.333 e. The van der Waals surface area contributed by atoms with Crippen LogP contribution in [0.4, 0.5) is 0 Å². The molecular weight excluding hydrogens is 308 g/mol. The van der Waals surface area contributed by atoms with Crippen LogP contribution >= 0.6 is 22.9 Å². The lowest BCUT2D eigenvalue weighted by molar-refractivity contribution is 0.0786. The molecule has 0 fully saturated rings. The number of benzene rings is 1. The zero-order valence-corrected chi connectivity index (χ0v) is 13.1. The van der Waals surface area contributed by atoms with Crippen LogP contribution in [-0.4, -0.2) is 33.0 Å². The number of rotatable bonds is 3. The predicted octanol–water partition coefficient (Wildman–Crippen LogP) is 3.25. The van der Waals surface area contributed by atoms with Crippen molar-refractivity contribution in [2.24, 2.45) is 0 Å². The van der Waals surface area contributed by atoms with Gasteiger partial charge in [-0.15, -0.1) is 11.3 Å². The van der Waals surface area contributed by atoms with Gasteiger partial charge in [0.05, 0.1) is 11.6 Å². The molecule has 7 heteroatoms. The summed E-state index contributed by atoms with van der Waals surface area (Å²) in [6, 6.07) is 7.73. The molecule has 0 atom stereocenters. The summed E-state index contributed by atoms with van der Waals surface area (Å²) in [7, 11) is 1.72. The van der Waals surface area contributed by atoms with Crippen LogP contribution in [0.5, 0.6) is 0 Å². The van der Waals surface area contributed by atoms with E-state index >= 15 is 0 Å². The molecule has 5 nitrogen and oxygen atoms in total. The third-order valence-electron chi connectivity index (χ3n) is 3.10. The quantitative estimate of drug-likeness (QED) is 0.805. The van der Waals surface area contributed by atoms with Crippen LogP contribution in [0.3, 0.4) is 0 Å². The van der Waals surface area contributed by atoms with Crippen LogP contribution in [-0.2, 0) is 6.54 Å². The maximum Gasteiger partial charge on any atom is 0.265 e. The number of aryl methyl sites for hydroxylation is 1. The van der Waals surface area contributed by atoms with E-state index in [0.29, 0.717) is 22.3 Å². The Labute approximate surface area is 130 Å². The number of hydrogen-bond acceptors (Lipinski definition) is 4. The summed E-state index contributed by atoms with van der Waals surface area (Å²) in [5.74, 6) is 1.19. The van der Waals surface area contributed by atoms with E-state index in [1.54, 1.807) is 11.9 Å². The summed E-state index contributed by atoms with van der Waals surface area (Å²) in [6.45, 7) is 2.16. The van der Waals surface area contributed by atoms with Crippen molar-refractivity contribution in [3.8, 4) is 0 Å². The number of nitrogens with one attached hydrogen (secondary N) is 1. The monoisotopic (exact) mass is 320 g/mol. The number of carbonyl (C=O) groups is 1. The normalized spacial score (nSPS) is 11.0. The number of amides is 1. The summed E-state index contributed by atoms with van der Waals surface area (Å²) in [5, 5.41) is 8.22. The lowest BCUT2D eigenvalue weighted by Gasteiger charge is -2.14. The number of aromatic amines is 1. The van der Waals surface area contributed by atoms with E-state index in [0.717, 1.165) is 15.9 Å². The highest BCUT2D eigenvalue weighted by Crippen LogP contribution is 2.35.